The molecule has 1 aromatic carbocycles. The second-order valence-corrected chi connectivity index (χ2v) is 10.4. The zero-order valence-electron chi connectivity index (χ0n) is 19.8. The number of carbonyl (C=O) groups excluding carboxylic acids is 4. The first-order chi connectivity index (χ1) is 16.8. The van der Waals surface area contributed by atoms with Gasteiger partial charge in [0.2, 0.25) is 5.91 Å². The minimum absolute atomic E-state index is 0.109. The Labute approximate surface area is 207 Å². The largest absolute Gasteiger partial charge is 0.378 e. The molecule has 3 aliphatic rings. The van der Waals surface area contributed by atoms with Gasteiger partial charge in [0.05, 0.1) is 18.8 Å². The summed E-state index contributed by atoms with van der Waals surface area (Å²) >= 11 is 1.32. The Balaban J connectivity index is 1.41. The smallest absolute Gasteiger partial charge is 0.325 e. The van der Waals surface area contributed by atoms with Crippen molar-refractivity contribution in [2.45, 2.75) is 32.2 Å². The van der Waals surface area contributed by atoms with Crippen LogP contribution in [0.4, 0.5) is 9.80 Å². The number of rotatable bonds is 6. The van der Waals surface area contributed by atoms with Gasteiger partial charge in [-0.05, 0) is 43.7 Å². The van der Waals surface area contributed by atoms with Crippen LogP contribution in [0.5, 0.6) is 0 Å². The highest BCUT2D eigenvalue weighted by Crippen LogP contribution is 2.43. The third-order valence-electron chi connectivity index (χ3n) is 6.94. The van der Waals surface area contributed by atoms with Crippen molar-refractivity contribution in [3.63, 3.8) is 0 Å². The molecule has 2 N–H and O–H groups in total. The van der Waals surface area contributed by atoms with Gasteiger partial charge >= 0.3 is 6.03 Å². The summed E-state index contributed by atoms with van der Waals surface area (Å²) in [4.78, 5) is 55.5. The van der Waals surface area contributed by atoms with Gasteiger partial charge in [0.15, 0.2) is 0 Å². The summed E-state index contributed by atoms with van der Waals surface area (Å²) in [7, 11) is 0. The summed E-state index contributed by atoms with van der Waals surface area (Å²) in [6, 6.07) is 9.12. The second-order valence-electron chi connectivity index (χ2n) is 9.38. The number of amides is 5. The minimum atomic E-state index is -0.950. The van der Waals surface area contributed by atoms with Crippen molar-refractivity contribution in [3.8, 4) is 10.4 Å². The maximum atomic E-state index is 13.5. The lowest BCUT2D eigenvalue weighted by atomic mass is 9.96. The fraction of sp³-hybridized carbons (Fsp3) is 0.440. The number of ether oxygens (including phenoxy) is 1. The molecule has 5 amide bonds. The van der Waals surface area contributed by atoms with Gasteiger partial charge in [-0.3, -0.25) is 19.3 Å². The Morgan fingerprint density at radius 2 is 1.86 bits per heavy atom. The summed E-state index contributed by atoms with van der Waals surface area (Å²) in [5, 5.41) is 6.00. The van der Waals surface area contributed by atoms with E-state index in [-0.39, 0.29) is 17.7 Å². The van der Waals surface area contributed by atoms with Crippen molar-refractivity contribution >= 4 is 40.1 Å². The van der Waals surface area contributed by atoms with Crippen LogP contribution in [0, 0.1) is 12.8 Å². The fourth-order valence-corrected chi connectivity index (χ4v) is 5.98. The quantitative estimate of drug-likeness (QED) is 0.598. The fourth-order valence-electron chi connectivity index (χ4n) is 4.75. The molecule has 0 bridgehead atoms. The van der Waals surface area contributed by atoms with Crippen LogP contribution in [0.1, 0.15) is 35.7 Å². The van der Waals surface area contributed by atoms with E-state index in [9.17, 15) is 19.2 Å². The monoisotopic (exact) mass is 496 g/mol. The van der Waals surface area contributed by atoms with E-state index in [2.05, 4.69) is 10.6 Å². The van der Waals surface area contributed by atoms with Crippen LogP contribution >= 0.6 is 11.3 Å². The van der Waals surface area contributed by atoms with E-state index in [0.717, 1.165) is 33.7 Å². The molecule has 1 unspecified atom stereocenters. The van der Waals surface area contributed by atoms with E-state index in [0.29, 0.717) is 36.9 Å². The van der Waals surface area contributed by atoms with Crippen LogP contribution in [0.25, 0.3) is 10.4 Å². The van der Waals surface area contributed by atoms with E-state index in [4.69, 9.17) is 4.74 Å². The van der Waals surface area contributed by atoms with Crippen LogP contribution in [0.3, 0.4) is 0 Å². The minimum Gasteiger partial charge on any atom is -0.378 e. The Morgan fingerprint density at radius 1 is 1.17 bits per heavy atom. The van der Waals surface area contributed by atoms with Crippen molar-refractivity contribution in [2.24, 2.45) is 5.92 Å². The number of hydrogen-bond donors (Lipinski definition) is 2. The highest BCUT2D eigenvalue weighted by molar-refractivity contribution is 7.20. The van der Waals surface area contributed by atoms with E-state index < -0.39 is 24.0 Å². The molecule has 9 nitrogen and oxygen atoms in total. The third kappa shape index (κ3) is 4.32. The van der Waals surface area contributed by atoms with Crippen molar-refractivity contribution in [3.05, 3.63) is 41.5 Å². The van der Waals surface area contributed by atoms with E-state index in [1.54, 1.807) is 11.8 Å². The van der Waals surface area contributed by atoms with Crippen molar-refractivity contribution < 1.29 is 23.9 Å². The van der Waals surface area contributed by atoms with Gasteiger partial charge in [-0.25, -0.2) is 4.79 Å². The average Bonchev–Trinajstić information content (AvgIpc) is 3.64. The molecule has 1 atom stereocenters. The number of morpholine rings is 1. The molecule has 1 saturated carbocycles. The third-order valence-corrected chi connectivity index (χ3v) is 8.20. The number of hydrogen-bond acceptors (Lipinski definition) is 6. The lowest BCUT2D eigenvalue weighted by Crippen LogP contribution is -2.46. The molecule has 2 aliphatic heterocycles. The molecule has 2 saturated heterocycles. The molecule has 3 fully saturated rings. The number of benzene rings is 1. The number of nitrogens with one attached hydrogen (secondary N) is 2. The molecule has 2 aromatic rings. The summed E-state index contributed by atoms with van der Waals surface area (Å²) in [5.41, 5.74) is 1.21. The van der Waals surface area contributed by atoms with E-state index in [1.165, 1.54) is 11.3 Å². The topological polar surface area (TPSA) is 108 Å². The molecule has 1 aliphatic carbocycles. The lowest BCUT2D eigenvalue weighted by Gasteiger charge is -2.27. The SMILES string of the molecule is Cc1c(-c2ccccc2)sc(NC(=O)CN2C(=O)NC(C)(C3CC3)C2=O)c1C(=O)N1CCOCC1. The summed E-state index contributed by atoms with van der Waals surface area (Å²) in [6.45, 7) is 5.07. The Morgan fingerprint density at radius 3 is 2.51 bits per heavy atom. The van der Waals surface area contributed by atoms with Crippen LogP contribution in [-0.4, -0.2) is 71.9 Å². The highest BCUT2D eigenvalue weighted by Gasteiger charge is 2.56. The van der Waals surface area contributed by atoms with Crippen LogP contribution in [0.15, 0.2) is 30.3 Å². The number of imide groups is 1. The summed E-state index contributed by atoms with van der Waals surface area (Å²) < 4.78 is 5.38. The molecule has 0 spiro atoms. The van der Waals surface area contributed by atoms with Gasteiger partial charge < -0.3 is 20.3 Å². The molecule has 10 heteroatoms. The molecule has 35 heavy (non-hydrogen) atoms. The summed E-state index contributed by atoms with van der Waals surface area (Å²) in [6.07, 6.45) is 1.76. The predicted octanol–water partition coefficient (Wildman–Crippen LogP) is 2.85. The highest BCUT2D eigenvalue weighted by atomic mass is 32.1. The Kier molecular flexibility index (Phi) is 6.10. The number of urea groups is 1. The zero-order chi connectivity index (χ0) is 24.7. The first kappa shape index (κ1) is 23.5. The maximum Gasteiger partial charge on any atom is 0.325 e. The van der Waals surface area contributed by atoms with Crippen molar-refractivity contribution in [2.75, 3.05) is 38.2 Å². The van der Waals surface area contributed by atoms with Crippen molar-refractivity contribution in [1.29, 1.82) is 0 Å². The summed E-state index contributed by atoms with van der Waals surface area (Å²) in [5.74, 6) is -0.962. The van der Waals surface area contributed by atoms with Gasteiger partial charge in [-0.1, -0.05) is 30.3 Å². The second kappa shape index (κ2) is 9.09. The average molecular weight is 497 g/mol. The van der Waals surface area contributed by atoms with Crippen molar-refractivity contribution in [1.82, 2.24) is 15.1 Å². The Hall–Kier alpha value is -3.24. The maximum absolute atomic E-state index is 13.5. The molecule has 184 valence electrons. The standard InChI is InChI=1S/C25H28N4O5S/c1-15-19(22(31)28-10-12-34-13-11-28)21(35-20(15)16-6-4-3-5-7-16)26-18(30)14-29-23(32)25(2,17-8-9-17)27-24(29)33/h3-7,17H,8-14H2,1-2H3,(H,26,30)(H,27,33). The Bertz CT molecular complexity index is 1190. The molecule has 3 heterocycles. The first-order valence-electron chi connectivity index (χ1n) is 11.8. The molecule has 5 rings (SSSR count). The molecule has 1 aromatic heterocycles. The van der Waals surface area contributed by atoms with Crippen LogP contribution in [-0.2, 0) is 14.3 Å². The van der Waals surface area contributed by atoms with E-state index >= 15 is 0 Å². The van der Waals surface area contributed by atoms with Gasteiger partial charge in [-0.2, -0.15) is 0 Å². The number of nitrogens with zero attached hydrogens (tertiary/aromatic N) is 2. The zero-order valence-corrected chi connectivity index (χ0v) is 20.6. The first-order valence-corrected chi connectivity index (χ1v) is 12.6. The van der Waals surface area contributed by atoms with Gasteiger partial charge in [0, 0.05) is 18.0 Å². The van der Waals surface area contributed by atoms with Gasteiger partial charge in [-0.15, -0.1) is 11.3 Å². The molecular formula is C25H28N4O5S. The lowest BCUT2D eigenvalue weighted by molar-refractivity contribution is -0.134. The normalized spacial score (nSPS) is 22.3. The van der Waals surface area contributed by atoms with Crippen LogP contribution < -0.4 is 10.6 Å². The van der Waals surface area contributed by atoms with Gasteiger partial charge in [0.1, 0.15) is 17.1 Å². The van der Waals surface area contributed by atoms with Gasteiger partial charge in [0.25, 0.3) is 11.8 Å². The molecule has 0 radical (unpaired) electrons. The van der Waals surface area contributed by atoms with Crippen LogP contribution in [0.2, 0.25) is 0 Å². The number of carbonyl (C=O) groups is 4. The van der Waals surface area contributed by atoms with E-state index in [1.807, 2.05) is 37.3 Å². The molecular weight excluding hydrogens is 468 g/mol. The number of thiophene rings is 1. The number of anilines is 1. The predicted molar refractivity (Wildman–Crippen MR) is 131 cm³/mol.